The molecule has 1 N–H and O–H groups in total. The van der Waals surface area contributed by atoms with Crippen molar-refractivity contribution in [3.05, 3.63) is 29.8 Å². The number of hydrogen-bond donors (Lipinski definition) is 1. The number of nitrogens with one attached hydrogen (secondary N) is 1. The molecule has 0 spiro atoms. The van der Waals surface area contributed by atoms with Gasteiger partial charge in [-0.1, -0.05) is 22.8 Å². The summed E-state index contributed by atoms with van der Waals surface area (Å²) in [6.45, 7) is 4.34. The number of aromatic nitrogens is 4. The van der Waals surface area contributed by atoms with E-state index in [1.54, 1.807) is 4.68 Å². The molecule has 0 bridgehead atoms. The van der Waals surface area contributed by atoms with E-state index in [0.717, 1.165) is 31.6 Å². The molecule has 7 nitrogen and oxygen atoms in total. The minimum atomic E-state index is 0.194. The highest BCUT2D eigenvalue weighted by Gasteiger charge is 2.17. The van der Waals surface area contributed by atoms with Gasteiger partial charge in [-0.15, -0.1) is 0 Å². The SMILES string of the molecule is Cc1ccc(-n2nnnc2NCCC(=O)N2CCCC2)cc1. The molecule has 0 unspecified atom stereocenters. The van der Waals surface area contributed by atoms with Crippen LogP contribution < -0.4 is 5.32 Å². The zero-order valence-electron chi connectivity index (χ0n) is 12.7. The molecule has 0 saturated carbocycles. The van der Waals surface area contributed by atoms with Gasteiger partial charge in [0.1, 0.15) is 0 Å². The second kappa shape index (κ2) is 6.55. The van der Waals surface area contributed by atoms with E-state index in [1.807, 2.05) is 36.1 Å². The summed E-state index contributed by atoms with van der Waals surface area (Å²) in [6, 6.07) is 7.95. The van der Waals surface area contributed by atoms with E-state index in [-0.39, 0.29) is 5.91 Å². The van der Waals surface area contributed by atoms with Crippen LogP contribution in [0.15, 0.2) is 24.3 Å². The number of aryl methyl sites for hydroxylation is 1. The summed E-state index contributed by atoms with van der Waals surface area (Å²) in [5.74, 6) is 0.748. The van der Waals surface area contributed by atoms with Crippen LogP contribution in [0.5, 0.6) is 0 Å². The van der Waals surface area contributed by atoms with Crippen molar-refractivity contribution in [2.24, 2.45) is 0 Å². The molecule has 1 aromatic carbocycles. The van der Waals surface area contributed by atoms with Gasteiger partial charge < -0.3 is 10.2 Å². The fourth-order valence-electron chi connectivity index (χ4n) is 2.56. The maximum atomic E-state index is 12.0. The Morgan fingerprint density at radius 1 is 1.23 bits per heavy atom. The molecule has 0 atom stereocenters. The van der Waals surface area contributed by atoms with E-state index in [2.05, 4.69) is 20.8 Å². The molecule has 1 saturated heterocycles. The van der Waals surface area contributed by atoms with Crippen molar-refractivity contribution in [2.75, 3.05) is 25.0 Å². The first-order valence-electron chi connectivity index (χ1n) is 7.61. The number of nitrogens with zero attached hydrogens (tertiary/aromatic N) is 5. The lowest BCUT2D eigenvalue weighted by Gasteiger charge is -2.15. The number of benzene rings is 1. The highest BCUT2D eigenvalue weighted by Crippen LogP contribution is 2.13. The second-order valence-electron chi connectivity index (χ2n) is 5.51. The molecule has 0 radical (unpaired) electrons. The van der Waals surface area contributed by atoms with Gasteiger partial charge in [-0.2, -0.15) is 4.68 Å². The summed E-state index contributed by atoms with van der Waals surface area (Å²) in [4.78, 5) is 13.9. The van der Waals surface area contributed by atoms with E-state index in [0.29, 0.717) is 18.9 Å². The summed E-state index contributed by atoms with van der Waals surface area (Å²) in [5, 5.41) is 14.8. The third-order valence-electron chi connectivity index (χ3n) is 3.83. The molecule has 1 amide bonds. The van der Waals surface area contributed by atoms with Gasteiger partial charge in [0.2, 0.25) is 11.9 Å². The molecular formula is C15H20N6O. The van der Waals surface area contributed by atoms with Crippen LogP contribution in [-0.4, -0.2) is 50.6 Å². The molecule has 0 aliphatic carbocycles. The average molecular weight is 300 g/mol. The highest BCUT2D eigenvalue weighted by molar-refractivity contribution is 5.76. The van der Waals surface area contributed by atoms with Crippen LogP contribution in [0.4, 0.5) is 5.95 Å². The van der Waals surface area contributed by atoms with Crippen LogP contribution in [-0.2, 0) is 4.79 Å². The maximum Gasteiger partial charge on any atom is 0.247 e. The van der Waals surface area contributed by atoms with Crippen molar-refractivity contribution >= 4 is 11.9 Å². The Hall–Kier alpha value is -2.44. The van der Waals surface area contributed by atoms with E-state index in [9.17, 15) is 4.79 Å². The zero-order chi connectivity index (χ0) is 15.4. The predicted molar refractivity (Wildman–Crippen MR) is 82.8 cm³/mol. The van der Waals surface area contributed by atoms with Crippen LogP contribution in [0, 0.1) is 6.92 Å². The van der Waals surface area contributed by atoms with E-state index >= 15 is 0 Å². The molecule has 1 aliphatic heterocycles. The number of rotatable bonds is 5. The standard InChI is InChI=1S/C15H20N6O/c1-12-4-6-13(7-5-12)21-15(17-18-19-21)16-9-8-14(22)20-10-2-3-11-20/h4-7H,2-3,8-11H2,1H3,(H,16,17,19). The van der Waals surface area contributed by atoms with Crippen molar-refractivity contribution in [3.63, 3.8) is 0 Å². The molecule has 1 fully saturated rings. The molecular weight excluding hydrogens is 280 g/mol. The fourth-order valence-corrected chi connectivity index (χ4v) is 2.56. The van der Waals surface area contributed by atoms with Gasteiger partial charge in [0.15, 0.2) is 0 Å². The monoisotopic (exact) mass is 300 g/mol. The normalized spacial score (nSPS) is 14.3. The zero-order valence-corrected chi connectivity index (χ0v) is 12.7. The number of carbonyl (C=O) groups is 1. The van der Waals surface area contributed by atoms with Crippen molar-refractivity contribution in [2.45, 2.75) is 26.2 Å². The molecule has 22 heavy (non-hydrogen) atoms. The quantitative estimate of drug-likeness (QED) is 0.903. The Morgan fingerprint density at radius 2 is 1.95 bits per heavy atom. The van der Waals surface area contributed by atoms with Crippen molar-refractivity contribution in [1.82, 2.24) is 25.1 Å². The Labute approximate surface area is 129 Å². The summed E-state index contributed by atoms with van der Waals surface area (Å²) in [5.41, 5.74) is 2.08. The molecule has 1 aromatic heterocycles. The number of hydrogen-bond acceptors (Lipinski definition) is 5. The fraction of sp³-hybridized carbons (Fsp3) is 0.467. The minimum absolute atomic E-state index is 0.194. The summed E-state index contributed by atoms with van der Waals surface area (Å²) < 4.78 is 1.64. The van der Waals surface area contributed by atoms with Gasteiger partial charge in [-0.3, -0.25) is 4.79 Å². The smallest absolute Gasteiger partial charge is 0.247 e. The van der Waals surface area contributed by atoms with Crippen molar-refractivity contribution < 1.29 is 4.79 Å². The Bertz CT molecular complexity index is 630. The lowest BCUT2D eigenvalue weighted by Crippen LogP contribution is -2.29. The summed E-state index contributed by atoms with van der Waals surface area (Å²) in [7, 11) is 0. The third-order valence-corrected chi connectivity index (χ3v) is 3.83. The summed E-state index contributed by atoms with van der Waals surface area (Å²) in [6.07, 6.45) is 2.69. The number of carbonyl (C=O) groups excluding carboxylic acids is 1. The van der Waals surface area contributed by atoms with E-state index in [4.69, 9.17) is 0 Å². The number of amides is 1. The topological polar surface area (TPSA) is 75.9 Å². The average Bonchev–Trinajstić information content (AvgIpc) is 3.19. The van der Waals surface area contributed by atoms with Crippen LogP contribution >= 0.6 is 0 Å². The van der Waals surface area contributed by atoms with Gasteiger partial charge in [0.25, 0.3) is 0 Å². The number of tetrazole rings is 1. The Morgan fingerprint density at radius 3 is 2.68 bits per heavy atom. The molecule has 116 valence electrons. The Balaban J connectivity index is 1.58. The van der Waals surface area contributed by atoms with Crippen LogP contribution in [0.2, 0.25) is 0 Å². The third kappa shape index (κ3) is 3.24. The first kappa shape index (κ1) is 14.5. The van der Waals surface area contributed by atoms with Gasteiger partial charge in [0, 0.05) is 26.1 Å². The van der Waals surface area contributed by atoms with Gasteiger partial charge in [-0.25, -0.2) is 0 Å². The Kier molecular flexibility index (Phi) is 4.32. The number of anilines is 1. The van der Waals surface area contributed by atoms with Crippen LogP contribution in [0.1, 0.15) is 24.8 Å². The van der Waals surface area contributed by atoms with Crippen LogP contribution in [0.25, 0.3) is 5.69 Å². The minimum Gasteiger partial charge on any atom is -0.352 e. The van der Waals surface area contributed by atoms with Gasteiger partial charge in [0.05, 0.1) is 5.69 Å². The lowest BCUT2D eigenvalue weighted by molar-refractivity contribution is -0.129. The summed E-state index contributed by atoms with van der Waals surface area (Å²) >= 11 is 0. The van der Waals surface area contributed by atoms with Gasteiger partial charge in [-0.05, 0) is 42.3 Å². The van der Waals surface area contributed by atoms with Gasteiger partial charge >= 0.3 is 0 Å². The van der Waals surface area contributed by atoms with Crippen LogP contribution in [0.3, 0.4) is 0 Å². The second-order valence-corrected chi connectivity index (χ2v) is 5.51. The first-order valence-corrected chi connectivity index (χ1v) is 7.61. The largest absolute Gasteiger partial charge is 0.352 e. The first-order chi connectivity index (χ1) is 10.7. The maximum absolute atomic E-state index is 12.0. The molecule has 7 heteroatoms. The molecule has 1 aliphatic rings. The van der Waals surface area contributed by atoms with Crippen molar-refractivity contribution in [1.29, 1.82) is 0 Å². The highest BCUT2D eigenvalue weighted by atomic mass is 16.2. The molecule has 3 rings (SSSR count). The molecule has 2 heterocycles. The van der Waals surface area contributed by atoms with E-state index in [1.165, 1.54) is 5.56 Å². The van der Waals surface area contributed by atoms with Crippen molar-refractivity contribution in [3.8, 4) is 5.69 Å². The predicted octanol–water partition coefficient (Wildman–Crippen LogP) is 1.40. The van der Waals surface area contributed by atoms with E-state index < -0.39 is 0 Å². The molecule has 2 aromatic rings. The lowest BCUT2D eigenvalue weighted by atomic mass is 10.2. The number of likely N-dealkylation sites (tertiary alicyclic amines) is 1.